The van der Waals surface area contributed by atoms with Crippen LogP contribution in [0.3, 0.4) is 0 Å². The molecule has 0 aliphatic heterocycles. The van der Waals surface area contributed by atoms with Crippen LogP contribution in [0.1, 0.15) is 521 Å². The van der Waals surface area contributed by atoms with Crippen molar-refractivity contribution in [1.29, 1.82) is 5.26 Å². The Morgan fingerprint density at radius 1 is 0.369 bits per heavy atom. The number of hydrogen-bond acceptors (Lipinski definition) is 6. The van der Waals surface area contributed by atoms with E-state index >= 15 is 4.79 Å². The highest BCUT2D eigenvalue weighted by molar-refractivity contribution is 5.80. The number of carboxylic acid groups (broad SMARTS) is 1. The molecule has 0 aliphatic carbocycles. The van der Waals surface area contributed by atoms with Crippen LogP contribution in [0.25, 0.3) is 0 Å². The van der Waals surface area contributed by atoms with Gasteiger partial charge in [-0.15, -0.1) is 0 Å². The maximum atomic E-state index is 17.3. The Morgan fingerprint density at radius 3 is 1.02 bits per heavy atom. The molecule has 0 bridgehead atoms. The van der Waals surface area contributed by atoms with Crippen LogP contribution in [0.15, 0.2) is 4.99 Å². The third-order valence-corrected chi connectivity index (χ3v) is 28.1. The van der Waals surface area contributed by atoms with E-state index in [1.54, 1.807) is 0 Å². The van der Waals surface area contributed by atoms with Gasteiger partial charge >= 0.3 is 11.9 Å². The zero-order valence-corrected chi connectivity index (χ0v) is 78.6. The van der Waals surface area contributed by atoms with E-state index in [1.165, 1.54) is 308 Å². The number of aliphatic imine (C=N–C) groups is 1. The van der Waals surface area contributed by atoms with Crippen LogP contribution >= 0.6 is 0 Å². The van der Waals surface area contributed by atoms with Gasteiger partial charge in [0.05, 0.1) is 12.0 Å². The van der Waals surface area contributed by atoms with Gasteiger partial charge in [-0.05, 0) is 129 Å². The molecule has 0 aromatic rings. The van der Waals surface area contributed by atoms with E-state index in [1.807, 2.05) is 19.0 Å². The Kier molecular flexibility index (Phi) is 72.4. The van der Waals surface area contributed by atoms with E-state index in [9.17, 15) is 15.2 Å². The van der Waals surface area contributed by atoms with Crippen molar-refractivity contribution >= 4 is 17.9 Å². The first kappa shape index (κ1) is 109. The van der Waals surface area contributed by atoms with Crippen molar-refractivity contribution in [2.75, 3.05) is 46.9 Å². The number of carbonyl (C=O) groups excluding carboxylic acids is 1. The average molecular weight is 1560 g/mol. The number of aliphatic carboxylic acids is 1. The number of guanidine groups is 1. The second-order valence-corrected chi connectivity index (χ2v) is 37.4. The van der Waals surface area contributed by atoms with Gasteiger partial charge in [-0.25, -0.2) is 0 Å². The summed E-state index contributed by atoms with van der Waals surface area (Å²) in [6.07, 6.45) is 80.8. The number of carboxylic acids is 1. The van der Waals surface area contributed by atoms with Gasteiger partial charge in [-0.1, -0.05) is 463 Å². The first-order chi connectivity index (χ1) is 53.9. The molecule has 8 unspecified atom stereocenters. The number of rotatable bonds is 84. The summed E-state index contributed by atoms with van der Waals surface area (Å²) in [6, 6.07) is 0. The Balaban J connectivity index is 9.78. The smallest absolute Gasteiger partial charge is 0.310 e. The minimum absolute atomic E-state index is 0.0229. The Labute approximate surface area is 696 Å². The number of nitrogens with zero attached hydrogens (tertiary/aromatic N) is 4. The standard InChI is InChI=1S/C102H201N5O4/c1-18-26-34-42-50-61-71-87-111-97(108)82-69-59-51-60-70-84-107(86-73-83-104-99(105-88-103)106(16)17)85-72-81-96(89(9)74-62-52-43-35-27-19-2)100(90(10)75-63-53-44-36-28-20-3,91(11)76-64-54-45-37-29-21-4)102(94(14)79-67-57-48-40-32-24-7,95(15)80-68-58-49-41-33-25-8)101(98(109)110,92(12)77-65-55-46-38-30-22-5)93(13)78-66-56-47-39-31-23-6/h89-96H,18-87H2,1-17H3,(H,104,105)(H,109,110). The maximum Gasteiger partial charge on any atom is 0.310 e. The lowest BCUT2D eigenvalue weighted by atomic mass is 9.29. The number of nitriles is 1. The van der Waals surface area contributed by atoms with E-state index < -0.39 is 16.8 Å². The molecule has 0 rings (SSSR count). The van der Waals surface area contributed by atoms with Crippen molar-refractivity contribution in [2.24, 2.45) is 68.6 Å². The third-order valence-electron chi connectivity index (χ3n) is 28.1. The van der Waals surface area contributed by atoms with Crippen LogP contribution in [0.4, 0.5) is 0 Å². The van der Waals surface area contributed by atoms with Gasteiger partial charge in [0.15, 0.2) is 6.19 Å². The number of ether oxygens (including phenoxy) is 1. The van der Waals surface area contributed by atoms with Crippen molar-refractivity contribution < 1.29 is 19.4 Å². The molecule has 9 nitrogen and oxygen atoms in total. The summed E-state index contributed by atoms with van der Waals surface area (Å²) in [5.74, 6) is 2.13. The predicted octanol–water partition coefficient (Wildman–Crippen LogP) is 32.4. The third kappa shape index (κ3) is 44.9. The molecule has 658 valence electrons. The molecule has 8 atom stereocenters. The predicted molar refractivity (Wildman–Crippen MR) is 490 cm³/mol. The first-order valence-electron chi connectivity index (χ1n) is 50.4. The molecule has 0 spiro atoms. The Hall–Kier alpha value is -2.34. The van der Waals surface area contributed by atoms with Gasteiger partial charge < -0.3 is 19.6 Å². The summed E-state index contributed by atoms with van der Waals surface area (Å²) in [5.41, 5.74) is -1.77. The molecular formula is C102H201N5O4. The lowest BCUT2D eigenvalue weighted by molar-refractivity contribution is -0.278. The molecule has 0 saturated heterocycles. The van der Waals surface area contributed by atoms with Gasteiger partial charge in [0.1, 0.15) is 0 Å². The van der Waals surface area contributed by atoms with Crippen LogP contribution in [0.2, 0.25) is 0 Å². The van der Waals surface area contributed by atoms with Gasteiger partial charge in [0.2, 0.25) is 5.96 Å². The van der Waals surface area contributed by atoms with E-state index in [4.69, 9.17) is 9.73 Å². The largest absolute Gasteiger partial charge is 0.481 e. The van der Waals surface area contributed by atoms with Crippen molar-refractivity contribution in [2.45, 2.75) is 521 Å². The van der Waals surface area contributed by atoms with Gasteiger partial charge in [0.25, 0.3) is 0 Å². The van der Waals surface area contributed by atoms with Crippen molar-refractivity contribution in [1.82, 2.24) is 15.1 Å². The summed E-state index contributed by atoms with van der Waals surface area (Å²) < 4.78 is 5.74. The lowest BCUT2D eigenvalue weighted by Gasteiger charge is -2.74. The molecule has 111 heavy (non-hydrogen) atoms. The second kappa shape index (κ2) is 74.0. The topological polar surface area (TPSA) is 118 Å². The highest BCUT2D eigenvalue weighted by Gasteiger charge is 2.75. The zero-order valence-electron chi connectivity index (χ0n) is 78.6. The summed E-state index contributed by atoms with van der Waals surface area (Å²) >= 11 is 0. The summed E-state index contributed by atoms with van der Waals surface area (Å²) in [4.78, 5) is 40.0. The number of esters is 1. The summed E-state index contributed by atoms with van der Waals surface area (Å²) in [5, 5.41) is 26.8. The number of unbranched alkanes of at least 4 members (excludes halogenated alkanes) is 45. The summed E-state index contributed by atoms with van der Waals surface area (Å²) in [6.45, 7) is 42.3. The molecule has 0 aromatic heterocycles. The van der Waals surface area contributed by atoms with Crippen LogP contribution in [0, 0.1) is 75.0 Å². The molecule has 0 saturated carbocycles. The van der Waals surface area contributed by atoms with Crippen molar-refractivity contribution in [3.63, 3.8) is 0 Å². The van der Waals surface area contributed by atoms with Crippen molar-refractivity contribution in [3.05, 3.63) is 0 Å². The second-order valence-electron chi connectivity index (χ2n) is 37.4. The molecule has 2 N–H and O–H groups in total. The monoisotopic (exact) mass is 1560 g/mol. The highest BCUT2D eigenvalue weighted by Crippen LogP contribution is 2.77. The van der Waals surface area contributed by atoms with Crippen LogP contribution in [0.5, 0.6) is 0 Å². The van der Waals surface area contributed by atoms with Crippen LogP contribution in [-0.4, -0.2) is 79.7 Å². The maximum absolute atomic E-state index is 17.3. The fourth-order valence-electron chi connectivity index (χ4n) is 22.1. The van der Waals surface area contributed by atoms with E-state index in [0.717, 1.165) is 122 Å². The zero-order chi connectivity index (χ0) is 82.3. The molecule has 9 heteroatoms. The quantitative estimate of drug-likeness (QED) is 0.0154. The van der Waals surface area contributed by atoms with Crippen LogP contribution < -0.4 is 5.32 Å². The molecular weight excluding hydrogens is 1360 g/mol. The molecule has 0 radical (unpaired) electrons. The fraction of sp³-hybridized carbons (Fsp3) is 0.961. The Bertz CT molecular complexity index is 2060. The van der Waals surface area contributed by atoms with E-state index in [0.29, 0.717) is 49.2 Å². The van der Waals surface area contributed by atoms with E-state index in [-0.39, 0.29) is 35.1 Å². The minimum atomic E-state index is -0.960. The fourth-order valence-corrected chi connectivity index (χ4v) is 22.1. The summed E-state index contributed by atoms with van der Waals surface area (Å²) in [7, 11) is 3.93. The SMILES string of the molecule is CCCCCCCCCOC(=O)CCCCCCCN(CCCN=C(NC#N)N(C)C)CCCC(C(C)CCCCCCCC)C(C(C)CCCCCCCC)(C(C)CCCCCCCC)C(C(C)CCCCCCCC)(C(C)CCCCCCCC)C(C(=O)O)(C(C)CCCCCCCC)C(C)CCCCCCCC. The lowest BCUT2D eigenvalue weighted by Crippen LogP contribution is -2.73. The number of nitrogens with one attached hydrogen (secondary N) is 1. The average Bonchev–Trinajstić information content (AvgIpc) is 0.667. The van der Waals surface area contributed by atoms with Gasteiger partial charge in [-0.2, -0.15) is 5.26 Å². The first-order valence-corrected chi connectivity index (χ1v) is 50.4. The van der Waals surface area contributed by atoms with Crippen molar-refractivity contribution in [3.8, 4) is 6.19 Å². The normalized spacial score (nSPS) is 16.0. The molecule has 0 aromatic carbocycles. The van der Waals surface area contributed by atoms with E-state index in [2.05, 4.69) is 120 Å². The van der Waals surface area contributed by atoms with Gasteiger partial charge in [0, 0.05) is 27.1 Å². The minimum Gasteiger partial charge on any atom is -0.481 e. The molecule has 0 amide bonds. The van der Waals surface area contributed by atoms with Crippen LogP contribution in [-0.2, 0) is 14.3 Å². The number of carbonyl (C=O) groups is 2. The molecule has 0 aliphatic rings. The molecule has 0 fully saturated rings. The van der Waals surface area contributed by atoms with Gasteiger partial charge in [-0.3, -0.25) is 19.9 Å². The molecule has 0 heterocycles. The number of hydrogen-bond donors (Lipinski definition) is 2. The highest BCUT2D eigenvalue weighted by atomic mass is 16.5. The Morgan fingerprint density at radius 2 is 0.667 bits per heavy atom.